The van der Waals surface area contributed by atoms with Gasteiger partial charge in [-0.05, 0) is 58.4 Å². The maximum absolute atomic E-state index is 12.4. The molecule has 0 saturated carbocycles. The molecule has 32 heavy (non-hydrogen) atoms. The minimum absolute atomic E-state index is 0.0769. The summed E-state index contributed by atoms with van der Waals surface area (Å²) in [6.45, 7) is 8.89. The summed E-state index contributed by atoms with van der Waals surface area (Å²) in [6, 6.07) is 14.0. The molecule has 0 bridgehead atoms. The molecule has 1 atom stereocenters. The number of amides is 1. The number of para-hydroxylation sites is 1. The minimum Gasteiger partial charge on any atom is -0.496 e. The molecule has 2 heterocycles. The lowest BCUT2D eigenvalue weighted by Gasteiger charge is -2.24. The average molecular weight is 435 g/mol. The lowest BCUT2D eigenvalue weighted by Crippen LogP contribution is -2.36. The van der Waals surface area contributed by atoms with E-state index in [4.69, 9.17) is 19.4 Å². The SMILES string of the molecule is COc1ccc(C)cc1-c1nc(NC2CCN(C(=O)OC(C)(C)C)C2)c2ccccc2n1. The summed E-state index contributed by atoms with van der Waals surface area (Å²) in [6.07, 6.45) is 0.542. The van der Waals surface area contributed by atoms with E-state index < -0.39 is 5.60 Å². The van der Waals surface area contributed by atoms with Crippen LogP contribution in [0.3, 0.4) is 0 Å². The first-order valence-corrected chi connectivity index (χ1v) is 10.9. The minimum atomic E-state index is -0.507. The molecule has 4 rings (SSSR count). The van der Waals surface area contributed by atoms with E-state index in [1.165, 1.54) is 0 Å². The van der Waals surface area contributed by atoms with Gasteiger partial charge in [0.2, 0.25) is 0 Å². The number of ether oxygens (including phenoxy) is 2. The average Bonchev–Trinajstić information content (AvgIpc) is 3.21. The topological polar surface area (TPSA) is 76.6 Å². The number of fused-ring (bicyclic) bond motifs is 1. The predicted molar refractivity (Wildman–Crippen MR) is 126 cm³/mol. The third-order valence-corrected chi connectivity index (χ3v) is 5.38. The summed E-state index contributed by atoms with van der Waals surface area (Å²) < 4.78 is 11.1. The third kappa shape index (κ3) is 4.77. The lowest BCUT2D eigenvalue weighted by molar-refractivity contribution is 0.0293. The summed E-state index contributed by atoms with van der Waals surface area (Å²) in [7, 11) is 1.65. The molecule has 1 aliphatic rings. The van der Waals surface area contributed by atoms with Crippen molar-refractivity contribution in [3.05, 3.63) is 48.0 Å². The Morgan fingerprint density at radius 1 is 1.16 bits per heavy atom. The molecule has 1 aliphatic heterocycles. The molecule has 1 fully saturated rings. The van der Waals surface area contributed by atoms with E-state index in [1.807, 2.05) is 70.2 Å². The van der Waals surface area contributed by atoms with Gasteiger partial charge in [0.1, 0.15) is 17.2 Å². The number of aryl methyl sites for hydroxylation is 1. The van der Waals surface area contributed by atoms with Crippen molar-refractivity contribution in [2.45, 2.75) is 45.8 Å². The van der Waals surface area contributed by atoms with Gasteiger partial charge in [0.15, 0.2) is 5.82 Å². The van der Waals surface area contributed by atoms with E-state index in [2.05, 4.69) is 5.32 Å². The molecule has 7 heteroatoms. The van der Waals surface area contributed by atoms with Crippen molar-refractivity contribution in [1.29, 1.82) is 0 Å². The molecule has 1 N–H and O–H groups in total. The number of nitrogens with one attached hydrogen (secondary N) is 1. The second kappa shape index (κ2) is 8.65. The van der Waals surface area contributed by atoms with Crippen LogP contribution in [0.2, 0.25) is 0 Å². The van der Waals surface area contributed by atoms with Crippen molar-refractivity contribution in [1.82, 2.24) is 14.9 Å². The van der Waals surface area contributed by atoms with Gasteiger partial charge < -0.3 is 19.7 Å². The number of aromatic nitrogens is 2. The zero-order valence-electron chi connectivity index (χ0n) is 19.3. The van der Waals surface area contributed by atoms with Crippen LogP contribution in [0.25, 0.3) is 22.3 Å². The maximum Gasteiger partial charge on any atom is 0.410 e. The fourth-order valence-corrected chi connectivity index (χ4v) is 3.87. The number of benzene rings is 2. The number of anilines is 1. The fraction of sp³-hybridized carbons (Fsp3) is 0.400. The second-order valence-corrected chi connectivity index (χ2v) is 9.17. The van der Waals surface area contributed by atoms with Crippen molar-refractivity contribution in [2.75, 3.05) is 25.5 Å². The van der Waals surface area contributed by atoms with Crippen LogP contribution < -0.4 is 10.1 Å². The molecule has 0 spiro atoms. The molecule has 0 aliphatic carbocycles. The molecule has 1 unspecified atom stereocenters. The van der Waals surface area contributed by atoms with Gasteiger partial charge in [-0.15, -0.1) is 0 Å². The second-order valence-electron chi connectivity index (χ2n) is 9.17. The zero-order valence-corrected chi connectivity index (χ0v) is 19.3. The normalized spacial score (nSPS) is 16.3. The van der Waals surface area contributed by atoms with Crippen LogP contribution in [0, 0.1) is 6.92 Å². The van der Waals surface area contributed by atoms with E-state index in [0.29, 0.717) is 18.9 Å². The molecule has 3 aromatic rings. The predicted octanol–water partition coefficient (Wildman–Crippen LogP) is 5.04. The Bertz CT molecular complexity index is 1140. The van der Waals surface area contributed by atoms with Crippen LogP contribution in [-0.4, -0.2) is 52.8 Å². The number of hydrogen-bond donors (Lipinski definition) is 1. The van der Waals surface area contributed by atoms with E-state index >= 15 is 0 Å². The molecule has 168 valence electrons. The van der Waals surface area contributed by atoms with E-state index in [1.54, 1.807) is 12.0 Å². The highest BCUT2D eigenvalue weighted by Gasteiger charge is 2.30. The number of likely N-dealkylation sites (tertiary alicyclic amines) is 1. The number of nitrogens with zero attached hydrogens (tertiary/aromatic N) is 3. The largest absolute Gasteiger partial charge is 0.496 e. The van der Waals surface area contributed by atoms with Crippen LogP contribution >= 0.6 is 0 Å². The van der Waals surface area contributed by atoms with Gasteiger partial charge in [-0.1, -0.05) is 23.8 Å². The molecule has 0 radical (unpaired) electrons. The molecular weight excluding hydrogens is 404 g/mol. The lowest BCUT2D eigenvalue weighted by atomic mass is 10.1. The monoisotopic (exact) mass is 434 g/mol. The molecule has 7 nitrogen and oxygen atoms in total. The van der Waals surface area contributed by atoms with Gasteiger partial charge in [0.05, 0.1) is 18.2 Å². The highest BCUT2D eigenvalue weighted by atomic mass is 16.6. The van der Waals surface area contributed by atoms with Gasteiger partial charge in [0.25, 0.3) is 0 Å². The number of rotatable bonds is 4. The number of hydrogen-bond acceptors (Lipinski definition) is 6. The summed E-state index contributed by atoms with van der Waals surface area (Å²) in [5, 5.41) is 4.50. The van der Waals surface area contributed by atoms with Crippen molar-refractivity contribution in [2.24, 2.45) is 0 Å². The Morgan fingerprint density at radius 3 is 2.69 bits per heavy atom. The van der Waals surface area contributed by atoms with Gasteiger partial charge in [-0.2, -0.15) is 0 Å². The smallest absolute Gasteiger partial charge is 0.410 e. The van der Waals surface area contributed by atoms with Gasteiger partial charge in [-0.25, -0.2) is 14.8 Å². The third-order valence-electron chi connectivity index (χ3n) is 5.38. The first kappa shape index (κ1) is 21.9. The quantitative estimate of drug-likeness (QED) is 0.620. The highest BCUT2D eigenvalue weighted by Crippen LogP contribution is 2.32. The number of carbonyl (C=O) groups is 1. The van der Waals surface area contributed by atoms with E-state index in [0.717, 1.165) is 40.0 Å². The zero-order chi connectivity index (χ0) is 22.9. The molecule has 1 amide bonds. The van der Waals surface area contributed by atoms with Crippen molar-refractivity contribution in [3.8, 4) is 17.1 Å². The summed E-state index contributed by atoms with van der Waals surface area (Å²) >= 11 is 0. The standard InChI is InChI=1S/C25H30N4O3/c1-16-10-11-21(31-5)19(14-16)23-27-20-9-7-6-8-18(20)22(28-23)26-17-12-13-29(15-17)24(30)32-25(2,3)4/h6-11,14,17H,12-13,15H2,1-5H3,(H,26,27,28). The number of carbonyl (C=O) groups excluding carboxylic acids is 1. The van der Waals surface area contributed by atoms with Crippen LogP contribution in [0.15, 0.2) is 42.5 Å². The van der Waals surface area contributed by atoms with Gasteiger partial charge in [0, 0.05) is 24.5 Å². The fourth-order valence-electron chi connectivity index (χ4n) is 3.87. The van der Waals surface area contributed by atoms with Crippen molar-refractivity contribution in [3.63, 3.8) is 0 Å². The van der Waals surface area contributed by atoms with Crippen molar-refractivity contribution >= 4 is 22.8 Å². The van der Waals surface area contributed by atoms with Gasteiger partial charge in [-0.3, -0.25) is 0 Å². The molecule has 1 saturated heterocycles. The van der Waals surface area contributed by atoms with E-state index in [-0.39, 0.29) is 12.1 Å². The molecule has 1 aromatic heterocycles. The Morgan fingerprint density at radius 2 is 1.94 bits per heavy atom. The molecule has 2 aromatic carbocycles. The Kier molecular flexibility index (Phi) is 5.91. The van der Waals surface area contributed by atoms with Gasteiger partial charge >= 0.3 is 6.09 Å². The summed E-state index contributed by atoms with van der Waals surface area (Å²) in [4.78, 5) is 23.9. The number of methoxy groups -OCH3 is 1. The van der Waals surface area contributed by atoms with Crippen LogP contribution in [0.5, 0.6) is 5.75 Å². The highest BCUT2D eigenvalue weighted by molar-refractivity contribution is 5.91. The Labute approximate surface area is 188 Å². The van der Waals surface area contributed by atoms with Crippen molar-refractivity contribution < 1.29 is 14.3 Å². The first-order chi connectivity index (χ1) is 15.2. The summed E-state index contributed by atoms with van der Waals surface area (Å²) in [5.74, 6) is 2.09. The van der Waals surface area contributed by atoms with Crippen LogP contribution in [-0.2, 0) is 4.74 Å². The maximum atomic E-state index is 12.4. The summed E-state index contributed by atoms with van der Waals surface area (Å²) in [5.41, 5.74) is 2.30. The first-order valence-electron chi connectivity index (χ1n) is 10.9. The Balaban J connectivity index is 1.64. The van der Waals surface area contributed by atoms with Crippen LogP contribution in [0.4, 0.5) is 10.6 Å². The Hall–Kier alpha value is -3.35. The van der Waals surface area contributed by atoms with Crippen LogP contribution in [0.1, 0.15) is 32.8 Å². The van der Waals surface area contributed by atoms with E-state index in [9.17, 15) is 4.79 Å². The molecular formula is C25H30N4O3.